The molecule has 0 amide bonds. The number of hydrogen-bond acceptors (Lipinski definition) is 3. The average molecular weight is 390 g/mol. The lowest BCUT2D eigenvalue weighted by Crippen LogP contribution is -2.43. The molecule has 1 fully saturated rings. The SMILES string of the molecule is ClC(/C=N\N1CCN(Cc2cccc3ccccc23)CC1)=C/c1ccccc1. The van der Waals surface area contributed by atoms with E-state index in [1.165, 1.54) is 16.3 Å². The van der Waals surface area contributed by atoms with Crippen molar-refractivity contribution in [1.82, 2.24) is 9.91 Å². The zero-order valence-corrected chi connectivity index (χ0v) is 16.6. The molecule has 0 aliphatic carbocycles. The molecule has 1 aliphatic rings. The van der Waals surface area contributed by atoms with Crippen molar-refractivity contribution in [2.24, 2.45) is 5.10 Å². The minimum absolute atomic E-state index is 0.643. The molecule has 0 saturated carbocycles. The Labute approximate surface area is 171 Å². The number of piperazine rings is 1. The third kappa shape index (κ3) is 4.80. The van der Waals surface area contributed by atoms with E-state index in [0.717, 1.165) is 38.3 Å². The maximum atomic E-state index is 6.30. The molecule has 3 nitrogen and oxygen atoms in total. The molecule has 4 heteroatoms. The summed E-state index contributed by atoms with van der Waals surface area (Å²) in [6, 6.07) is 25.2. The summed E-state index contributed by atoms with van der Waals surface area (Å²) in [4.78, 5) is 2.50. The maximum absolute atomic E-state index is 6.30. The summed E-state index contributed by atoms with van der Waals surface area (Å²) in [6.45, 7) is 4.81. The van der Waals surface area contributed by atoms with Crippen molar-refractivity contribution in [3.8, 4) is 0 Å². The van der Waals surface area contributed by atoms with E-state index in [1.54, 1.807) is 6.21 Å². The fourth-order valence-electron chi connectivity index (χ4n) is 3.56. The van der Waals surface area contributed by atoms with Crippen molar-refractivity contribution in [3.05, 3.63) is 89.0 Å². The molecular formula is C24H24ClN3. The molecule has 28 heavy (non-hydrogen) atoms. The summed E-state index contributed by atoms with van der Waals surface area (Å²) >= 11 is 6.30. The van der Waals surface area contributed by atoms with Crippen LogP contribution in [-0.4, -0.2) is 42.3 Å². The van der Waals surface area contributed by atoms with E-state index in [-0.39, 0.29) is 0 Å². The van der Waals surface area contributed by atoms with Crippen LogP contribution in [0.25, 0.3) is 16.8 Å². The zero-order chi connectivity index (χ0) is 19.2. The van der Waals surface area contributed by atoms with E-state index in [9.17, 15) is 0 Å². The van der Waals surface area contributed by atoms with Crippen molar-refractivity contribution in [2.45, 2.75) is 6.54 Å². The first-order valence-corrected chi connectivity index (χ1v) is 10.1. The lowest BCUT2D eigenvalue weighted by Gasteiger charge is -2.33. The van der Waals surface area contributed by atoms with Crippen LogP contribution in [0, 0.1) is 0 Å². The van der Waals surface area contributed by atoms with Crippen LogP contribution in [0.1, 0.15) is 11.1 Å². The molecule has 1 heterocycles. The van der Waals surface area contributed by atoms with Gasteiger partial charge in [0.2, 0.25) is 0 Å². The molecule has 1 aliphatic heterocycles. The van der Waals surface area contributed by atoms with Crippen molar-refractivity contribution in [1.29, 1.82) is 0 Å². The number of nitrogens with zero attached hydrogens (tertiary/aromatic N) is 3. The number of allylic oxidation sites excluding steroid dienone is 1. The van der Waals surface area contributed by atoms with Crippen molar-refractivity contribution < 1.29 is 0 Å². The van der Waals surface area contributed by atoms with Gasteiger partial charge in [0.25, 0.3) is 0 Å². The molecule has 0 radical (unpaired) electrons. The van der Waals surface area contributed by atoms with Gasteiger partial charge in [-0.2, -0.15) is 5.10 Å². The monoisotopic (exact) mass is 389 g/mol. The van der Waals surface area contributed by atoms with Gasteiger partial charge in [-0.1, -0.05) is 84.4 Å². The van der Waals surface area contributed by atoms with Crippen molar-refractivity contribution in [2.75, 3.05) is 26.2 Å². The second kappa shape index (κ2) is 9.05. The zero-order valence-electron chi connectivity index (χ0n) is 15.8. The molecule has 0 atom stereocenters. The van der Waals surface area contributed by atoms with Gasteiger partial charge in [-0.15, -0.1) is 0 Å². The molecule has 3 aromatic carbocycles. The quantitative estimate of drug-likeness (QED) is 0.557. The fraction of sp³-hybridized carbons (Fsp3) is 0.208. The Morgan fingerprint density at radius 1 is 0.857 bits per heavy atom. The highest BCUT2D eigenvalue weighted by Gasteiger charge is 2.16. The van der Waals surface area contributed by atoms with Gasteiger partial charge in [-0.25, -0.2) is 0 Å². The van der Waals surface area contributed by atoms with Gasteiger partial charge < -0.3 is 0 Å². The first-order chi connectivity index (χ1) is 13.8. The lowest BCUT2D eigenvalue weighted by atomic mass is 10.0. The Morgan fingerprint density at radius 3 is 2.39 bits per heavy atom. The first kappa shape index (κ1) is 18.7. The Balaban J connectivity index is 1.33. The highest BCUT2D eigenvalue weighted by Crippen LogP contribution is 2.20. The summed E-state index contributed by atoms with van der Waals surface area (Å²) in [5.74, 6) is 0. The van der Waals surface area contributed by atoms with Gasteiger partial charge in [0, 0.05) is 32.7 Å². The highest BCUT2D eigenvalue weighted by atomic mass is 35.5. The van der Waals surface area contributed by atoms with Gasteiger partial charge in [0.05, 0.1) is 11.2 Å². The third-order valence-corrected chi connectivity index (χ3v) is 5.28. The van der Waals surface area contributed by atoms with Crippen LogP contribution in [0.15, 0.2) is 82.9 Å². The summed E-state index contributed by atoms with van der Waals surface area (Å²) in [7, 11) is 0. The van der Waals surface area contributed by atoms with Crippen LogP contribution in [0.4, 0.5) is 0 Å². The largest absolute Gasteiger partial charge is 0.295 e. The van der Waals surface area contributed by atoms with Gasteiger partial charge in [0.1, 0.15) is 0 Å². The minimum atomic E-state index is 0.643. The average Bonchev–Trinajstić information content (AvgIpc) is 2.74. The summed E-state index contributed by atoms with van der Waals surface area (Å²) in [5, 5.41) is 9.95. The molecule has 0 aromatic heterocycles. The number of halogens is 1. The third-order valence-electron chi connectivity index (χ3n) is 5.07. The summed E-state index contributed by atoms with van der Waals surface area (Å²) < 4.78 is 0. The molecule has 0 unspecified atom stereocenters. The predicted molar refractivity (Wildman–Crippen MR) is 120 cm³/mol. The number of hydrazone groups is 1. The molecule has 4 rings (SSSR count). The predicted octanol–water partition coefficient (Wildman–Crippen LogP) is 5.22. The van der Waals surface area contributed by atoms with Gasteiger partial charge in [-0.05, 0) is 28.0 Å². The van der Waals surface area contributed by atoms with Crippen LogP contribution in [-0.2, 0) is 6.54 Å². The van der Waals surface area contributed by atoms with E-state index < -0.39 is 0 Å². The molecule has 0 bridgehead atoms. The molecule has 142 valence electrons. The Bertz CT molecular complexity index is 968. The van der Waals surface area contributed by atoms with Crippen LogP contribution in [0.3, 0.4) is 0 Å². The number of rotatable bonds is 5. The van der Waals surface area contributed by atoms with Crippen molar-refractivity contribution in [3.63, 3.8) is 0 Å². The topological polar surface area (TPSA) is 18.8 Å². The fourth-order valence-corrected chi connectivity index (χ4v) is 3.73. The lowest BCUT2D eigenvalue weighted by molar-refractivity contribution is 0.131. The second-order valence-electron chi connectivity index (χ2n) is 7.05. The smallest absolute Gasteiger partial charge is 0.0657 e. The number of benzene rings is 3. The minimum Gasteiger partial charge on any atom is -0.295 e. The molecule has 0 spiro atoms. The normalized spacial score (nSPS) is 16.2. The summed E-state index contributed by atoms with van der Waals surface area (Å²) in [6.07, 6.45) is 3.68. The summed E-state index contributed by atoms with van der Waals surface area (Å²) in [5.41, 5.74) is 2.47. The first-order valence-electron chi connectivity index (χ1n) is 9.68. The Kier molecular flexibility index (Phi) is 6.05. The van der Waals surface area contributed by atoms with Gasteiger partial charge in [0.15, 0.2) is 0 Å². The van der Waals surface area contributed by atoms with E-state index >= 15 is 0 Å². The van der Waals surface area contributed by atoms with Crippen LogP contribution in [0.2, 0.25) is 0 Å². The van der Waals surface area contributed by atoms with E-state index in [4.69, 9.17) is 11.6 Å². The maximum Gasteiger partial charge on any atom is 0.0657 e. The second-order valence-corrected chi connectivity index (χ2v) is 7.49. The van der Waals surface area contributed by atoms with Gasteiger partial charge in [-0.3, -0.25) is 9.91 Å². The van der Waals surface area contributed by atoms with E-state index in [2.05, 4.69) is 57.5 Å². The van der Waals surface area contributed by atoms with E-state index in [1.807, 2.05) is 36.4 Å². The molecule has 3 aromatic rings. The number of fused-ring (bicyclic) bond motifs is 1. The Hall–Kier alpha value is -2.62. The molecular weight excluding hydrogens is 366 g/mol. The van der Waals surface area contributed by atoms with E-state index in [0.29, 0.717) is 5.03 Å². The van der Waals surface area contributed by atoms with Crippen LogP contribution < -0.4 is 0 Å². The van der Waals surface area contributed by atoms with Crippen LogP contribution >= 0.6 is 11.6 Å². The Morgan fingerprint density at radius 2 is 1.57 bits per heavy atom. The standard InChI is InChI=1S/C24H24ClN3/c25-23(17-20-7-2-1-3-8-20)18-26-28-15-13-27(14-16-28)19-22-11-6-10-21-9-4-5-12-24(21)22/h1-12,17-18H,13-16,19H2/b23-17+,26-18-. The van der Waals surface area contributed by atoms with Crippen molar-refractivity contribution >= 4 is 34.7 Å². The highest BCUT2D eigenvalue weighted by molar-refractivity contribution is 6.41. The number of hydrogen-bond donors (Lipinski definition) is 0. The molecule has 1 saturated heterocycles. The van der Waals surface area contributed by atoms with Gasteiger partial charge >= 0.3 is 0 Å². The van der Waals surface area contributed by atoms with Crippen LogP contribution in [0.5, 0.6) is 0 Å². The molecule has 0 N–H and O–H groups in total.